The minimum absolute atomic E-state index is 0. The summed E-state index contributed by atoms with van der Waals surface area (Å²) in [5.74, 6) is -0.0354. The van der Waals surface area contributed by atoms with Crippen molar-refractivity contribution >= 4 is 34.3 Å². The first kappa shape index (κ1) is 14.2. The molecule has 1 aliphatic rings. The summed E-state index contributed by atoms with van der Waals surface area (Å²) in [4.78, 5) is 11.5. The number of hydrogen-bond acceptors (Lipinski definition) is 3. The molecule has 14 heavy (non-hydrogen) atoms. The number of rotatable bonds is 2. The van der Waals surface area contributed by atoms with Crippen LogP contribution in [0.15, 0.2) is 0 Å². The van der Waals surface area contributed by atoms with Gasteiger partial charge in [-0.3, -0.25) is 4.79 Å². The first-order valence-corrected chi connectivity index (χ1v) is 5.50. The minimum Gasteiger partial charge on any atom is -0.459 e. The summed E-state index contributed by atoms with van der Waals surface area (Å²) < 4.78 is 5.21. The number of carbonyl (C=O) groups is 1. The van der Waals surface area contributed by atoms with Crippen LogP contribution < -0.4 is 5.73 Å². The van der Waals surface area contributed by atoms with Crippen molar-refractivity contribution in [3.63, 3.8) is 0 Å². The van der Waals surface area contributed by atoms with Gasteiger partial charge in [-0.05, 0) is 33.1 Å². The van der Waals surface area contributed by atoms with Crippen molar-refractivity contribution in [2.75, 3.05) is 5.33 Å². The van der Waals surface area contributed by atoms with Crippen LogP contribution in [0.4, 0.5) is 0 Å². The highest BCUT2D eigenvalue weighted by Crippen LogP contribution is 2.43. The molecule has 0 heterocycles. The Morgan fingerprint density at radius 3 is 2.43 bits per heavy atom. The standard InChI is InChI=1S/C9H16BrNO2.ClH/c1-8(2,3)13-7(12)9(11)4-6(9)5-10;/h6H,4-5,11H2,1-3H3;1H/t6-,9-;/m1./s1. The highest BCUT2D eigenvalue weighted by molar-refractivity contribution is 9.09. The van der Waals surface area contributed by atoms with Gasteiger partial charge in [0.05, 0.1) is 0 Å². The van der Waals surface area contributed by atoms with Gasteiger partial charge in [0, 0.05) is 5.33 Å². The topological polar surface area (TPSA) is 52.3 Å². The van der Waals surface area contributed by atoms with Crippen LogP contribution >= 0.6 is 28.3 Å². The molecule has 0 radical (unpaired) electrons. The van der Waals surface area contributed by atoms with Crippen LogP contribution in [0, 0.1) is 5.92 Å². The summed E-state index contributed by atoms with van der Waals surface area (Å²) in [7, 11) is 0. The van der Waals surface area contributed by atoms with E-state index in [1.165, 1.54) is 0 Å². The number of hydrogen-bond donors (Lipinski definition) is 1. The maximum Gasteiger partial charge on any atom is 0.326 e. The van der Waals surface area contributed by atoms with Gasteiger partial charge in [-0.25, -0.2) is 0 Å². The largest absolute Gasteiger partial charge is 0.459 e. The lowest BCUT2D eigenvalue weighted by atomic mass is 10.1. The van der Waals surface area contributed by atoms with Gasteiger partial charge in [-0.2, -0.15) is 0 Å². The predicted octanol–water partition coefficient (Wildman–Crippen LogP) is 1.86. The van der Waals surface area contributed by atoms with Gasteiger partial charge >= 0.3 is 5.97 Å². The Kier molecular flexibility index (Phi) is 4.43. The Balaban J connectivity index is 0.00000169. The van der Waals surface area contributed by atoms with Crippen molar-refractivity contribution in [2.45, 2.75) is 38.3 Å². The maximum absolute atomic E-state index is 11.5. The molecule has 84 valence electrons. The van der Waals surface area contributed by atoms with Crippen molar-refractivity contribution in [3.8, 4) is 0 Å². The van der Waals surface area contributed by atoms with Crippen LogP contribution in [-0.2, 0) is 9.53 Å². The van der Waals surface area contributed by atoms with E-state index in [1.807, 2.05) is 20.8 Å². The Morgan fingerprint density at radius 2 is 2.14 bits per heavy atom. The zero-order valence-corrected chi connectivity index (χ0v) is 11.1. The van der Waals surface area contributed by atoms with E-state index < -0.39 is 11.1 Å². The minimum atomic E-state index is -0.725. The fourth-order valence-electron chi connectivity index (χ4n) is 1.16. The first-order valence-electron chi connectivity index (χ1n) is 4.38. The maximum atomic E-state index is 11.5. The van der Waals surface area contributed by atoms with Crippen LogP contribution in [0.3, 0.4) is 0 Å². The van der Waals surface area contributed by atoms with Crippen LogP contribution in [-0.4, -0.2) is 22.4 Å². The molecular formula is C9H17BrClNO2. The number of esters is 1. The van der Waals surface area contributed by atoms with Crippen LogP contribution in [0.2, 0.25) is 0 Å². The van der Waals surface area contributed by atoms with Crippen LogP contribution in [0.25, 0.3) is 0 Å². The third-order valence-corrected chi connectivity index (χ3v) is 2.90. The van der Waals surface area contributed by atoms with E-state index in [0.717, 1.165) is 11.8 Å². The molecule has 5 heteroatoms. The number of halogens is 2. The Hall–Kier alpha value is 0.200. The molecule has 2 N–H and O–H groups in total. The summed E-state index contributed by atoms with van der Waals surface area (Å²) >= 11 is 3.31. The average molecular weight is 287 g/mol. The summed E-state index contributed by atoms with van der Waals surface area (Å²) in [6.07, 6.45) is 0.729. The molecule has 1 fully saturated rings. The normalized spacial score (nSPS) is 30.5. The molecule has 1 rings (SSSR count). The molecule has 2 atom stereocenters. The van der Waals surface area contributed by atoms with Gasteiger partial charge in [0.15, 0.2) is 0 Å². The second-order valence-corrected chi connectivity index (χ2v) is 5.25. The highest BCUT2D eigenvalue weighted by Gasteiger charge is 2.58. The average Bonchev–Trinajstić information content (AvgIpc) is 2.60. The number of nitrogens with two attached hydrogens (primary N) is 1. The monoisotopic (exact) mass is 285 g/mol. The lowest BCUT2D eigenvalue weighted by Gasteiger charge is -2.22. The fourth-order valence-corrected chi connectivity index (χ4v) is 1.97. The van der Waals surface area contributed by atoms with E-state index in [9.17, 15) is 4.79 Å². The summed E-state index contributed by atoms with van der Waals surface area (Å²) in [5, 5.41) is 0.767. The van der Waals surface area contributed by atoms with Crippen molar-refractivity contribution in [2.24, 2.45) is 11.7 Å². The third kappa shape index (κ3) is 3.11. The molecule has 0 aliphatic heterocycles. The Labute approximate surface area is 99.3 Å². The molecule has 0 amide bonds. The second kappa shape index (κ2) is 4.37. The smallest absolute Gasteiger partial charge is 0.326 e. The van der Waals surface area contributed by atoms with Gasteiger partial charge in [-0.15, -0.1) is 12.4 Å². The van der Waals surface area contributed by atoms with Gasteiger partial charge in [-0.1, -0.05) is 15.9 Å². The zero-order chi connectivity index (χ0) is 10.3. The van der Waals surface area contributed by atoms with Gasteiger partial charge in [0.1, 0.15) is 11.1 Å². The molecule has 0 saturated heterocycles. The van der Waals surface area contributed by atoms with Crippen molar-refractivity contribution < 1.29 is 9.53 Å². The molecule has 0 bridgehead atoms. The third-order valence-electron chi connectivity index (χ3n) is 2.12. The zero-order valence-electron chi connectivity index (χ0n) is 8.67. The SMILES string of the molecule is CC(C)(C)OC(=O)[C@@]1(N)C[C@@H]1CBr.Cl. The van der Waals surface area contributed by atoms with Gasteiger partial charge in [0.25, 0.3) is 0 Å². The fraction of sp³-hybridized carbons (Fsp3) is 0.889. The van der Waals surface area contributed by atoms with E-state index in [0.29, 0.717) is 0 Å². The van der Waals surface area contributed by atoms with Gasteiger partial charge < -0.3 is 10.5 Å². The molecule has 1 aliphatic carbocycles. The van der Waals surface area contributed by atoms with E-state index in [4.69, 9.17) is 10.5 Å². The molecule has 0 unspecified atom stereocenters. The predicted molar refractivity (Wildman–Crippen MR) is 61.9 cm³/mol. The number of alkyl halides is 1. The van der Waals surface area contributed by atoms with Crippen molar-refractivity contribution in [1.29, 1.82) is 0 Å². The van der Waals surface area contributed by atoms with Crippen LogP contribution in [0.1, 0.15) is 27.2 Å². The summed E-state index contributed by atoms with van der Waals surface area (Å²) in [6.45, 7) is 5.54. The molecule has 0 spiro atoms. The number of carbonyl (C=O) groups excluding carboxylic acids is 1. The lowest BCUT2D eigenvalue weighted by Crippen LogP contribution is -2.41. The Morgan fingerprint density at radius 1 is 1.64 bits per heavy atom. The van der Waals surface area contributed by atoms with Gasteiger partial charge in [0.2, 0.25) is 0 Å². The molecule has 0 aromatic carbocycles. The van der Waals surface area contributed by atoms with E-state index in [1.54, 1.807) is 0 Å². The van der Waals surface area contributed by atoms with Crippen LogP contribution in [0.5, 0.6) is 0 Å². The van der Waals surface area contributed by atoms with Crippen molar-refractivity contribution in [3.05, 3.63) is 0 Å². The lowest BCUT2D eigenvalue weighted by molar-refractivity contribution is -0.158. The Bertz CT molecular complexity index is 229. The molecule has 0 aromatic heterocycles. The number of ether oxygens (including phenoxy) is 1. The van der Waals surface area contributed by atoms with E-state index in [-0.39, 0.29) is 24.3 Å². The molecule has 0 aromatic rings. The summed E-state index contributed by atoms with van der Waals surface area (Å²) in [6, 6.07) is 0. The highest BCUT2D eigenvalue weighted by atomic mass is 79.9. The summed E-state index contributed by atoms with van der Waals surface area (Å²) in [5.41, 5.74) is 4.68. The quantitative estimate of drug-likeness (QED) is 0.623. The van der Waals surface area contributed by atoms with E-state index in [2.05, 4.69) is 15.9 Å². The van der Waals surface area contributed by atoms with E-state index >= 15 is 0 Å². The molecular weight excluding hydrogens is 269 g/mol. The first-order chi connectivity index (χ1) is 5.79. The molecule has 3 nitrogen and oxygen atoms in total. The van der Waals surface area contributed by atoms with Crippen molar-refractivity contribution in [1.82, 2.24) is 0 Å². The molecule has 1 saturated carbocycles. The second-order valence-electron chi connectivity index (χ2n) is 4.60.